The van der Waals surface area contributed by atoms with Gasteiger partial charge in [-0.1, -0.05) is 0 Å². The van der Waals surface area contributed by atoms with Gasteiger partial charge in [-0.05, 0) is 13.8 Å². The van der Waals surface area contributed by atoms with Crippen LogP contribution in [0.15, 0.2) is 12.4 Å². The maximum Gasteiger partial charge on any atom is 0.128 e. The molecule has 2 unspecified atom stereocenters. The van der Waals surface area contributed by atoms with E-state index in [-0.39, 0.29) is 12.1 Å². The SMILES string of the molecule is CCOC(C)C(N)c1nccn1C. The summed E-state index contributed by atoms with van der Waals surface area (Å²) in [5.41, 5.74) is 5.96. The van der Waals surface area contributed by atoms with Gasteiger partial charge in [0.15, 0.2) is 0 Å². The van der Waals surface area contributed by atoms with Gasteiger partial charge in [-0.15, -0.1) is 0 Å². The molecule has 4 nitrogen and oxygen atoms in total. The van der Waals surface area contributed by atoms with Crippen molar-refractivity contribution in [2.45, 2.75) is 26.0 Å². The predicted molar refractivity (Wildman–Crippen MR) is 51.2 cm³/mol. The topological polar surface area (TPSA) is 53.1 Å². The van der Waals surface area contributed by atoms with E-state index in [0.29, 0.717) is 6.61 Å². The van der Waals surface area contributed by atoms with Crippen LogP contribution in [0.2, 0.25) is 0 Å². The molecule has 0 saturated heterocycles. The van der Waals surface area contributed by atoms with Crippen LogP contribution >= 0.6 is 0 Å². The molecule has 4 heteroatoms. The average molecular weight is 183 g/mol. The molecule has 1 heterocycles. The van der Waals surface area contributed by atoms with Gasteiger partial charge in [-0.25, -0.2) is 4.98 Å². The minimum absolute atomic E-state index is 0.00565. The van der Waals surface area contributed by atoms with E-state index in [0.717, 1.165) is 5.82 Å². The Morgan fingerprint density at radius 2 is 2.38 bits per heavy atom. The summed E-state index contributed by atoms with van der Waals surface area (Å²) in [6, 6.07) is -0.153. The first-order chi connectivity index (χ1) is 6.16. The summed E-state index contributed by atoms with van der Waals surface area (Å²) in [5, 5.41) is 0. The third-order valence-electron chi connectivity index (χ3n) is 2.09. The molecule has 0 amide bonds. The summed E-state index contributed by atoms with van der Waals surface area (Å²) in [6.07, 6.45) is 3.63. The molecule has 0 saturated carbocycles. The largest absolute Gasteiger partial charge is 0.377 e. The molecule has 0 aliphatic rings. The Morgan fingerprint density at radius 1 is 1.69 bits per heavy atom. The Morgan fingerprint density at radius 3 is 2.85 bits per heavy atom. The van der Waals surface area contributed by atoms with Crippen LogP contribution in [0, 0.1) is 0 Å². The molecule has 1 aromatic heterocycles. The molecule has 0 aromatic carbocycles. The van der Waals surface area contributed by atoms with E-state index in [9.17, 15) is 0 Å². The number of aromatic nitrogens is 2. The van der Waals surface area contributed by atoms with Crippen LogP contribution in [0.1, 0.15) is 25.7 Å². The molecular weight excluding hydrogens is 166 g/mol. The number of rotatable bonds is 4. The van der Waals surface area contributed by atoms with Gasteiger partial charge in [0.05, 0.1) is 12.1 Å². The molecule has 2 N–H and O–H groups in total. The fourth-order valence-corrected chi connectivity index (χ4v) is 1.27. The third-order valence-corrected chi connectivity index (χ3v) is 2.09. The minimum Gasteiger partial charge on any atom is -0.377 e. The van der Waals surface area contributed by atoms with Crippen LogP contribution in [0.4, 0.5) is 0 Å². The van der Waals surface area contributed by atoms with Crippen LogP contribution in [-0.4, -0.2) is 22.3 Å². The lowest BCUT2D eigenvalue weighted by Crippen LogP contribution is -2.28. The lowest BCUT2D eigenvalue weighted by atomic mass is 10.2. The summed E-state index contributed by atoms with van der Waals surface area (Å²) in [7, 11) is 1.93. The highest BCUT2D eigenvalue weighted by Gasteiger charge is 2.18. The van der Waals surface area contributed by atoms with E-state index < -0.39 is 0 Å². The van der Waals surface area contributed by atoms with Crippen LogP contribution in [-0.2, 0) is 11.8 Å². The summed E-state index contributed by atoms with van der Waals surface area (Å²) >= 11 is 0. The molecule has 0 bridgehead atoms. The Hall–Kier alpha value is -0.870. The van der Waals surface area contributed by atoms with Crippen LogP contribution < -0.4 is 5.73 Å². The van der Waals surface area contributed by atoms with E-state index in [1.165, 1.54) is 0 Å². The first kappa shape index (κ1) is 10.2. The number of ether oxygens (including phenoxy) is 1. The van der Waals surface area contributed by atoms with E-state index in [4.69, 9.17) is 10.5 Å². The highest BCUT2D eigenvalue weighted by Crippen LogP contribution is 2.13. The number of aryl methyl sites for hydroxylation is 1. The minimum atomic E-state index is -0.153. The number of imidazole rings is 1. The molecule has 74 valence electrons. The molecule has 0 fully saturated rings. The monoisotopic (exact) mass is 183 g/mol. The maximum atomic E-state index is 5.96. The van der Waals surface area contributed by atoms with Gasteiger partial charge in [0.25, 0.3) is 0 Å². The molecule has 2 atom stereocenters. The third kappa shape index (κ3) is 2.29. The van der Waals surface area contributed by atoms with Gasteiger partial charge >= 0.3 is 0 Å². The fraction of sp³-hybridized carbons (Fsp3) is 0.667. The van der Waals surface area contributed by atoms with Crippen molar-refractivity contribution < 1.29 is 4.74 Å². The smallest absolute Gasteiger partial charge is 0.128 e. The van der Waals surface area contributed by atoms with Gasteiger partial charge in [0.2, 0.25) is 0 Å². The molecule has 13 heavy (non-hydrogen) atoms. The Balaban J connectivity index is 2.67. The highest BCUT2D eigenvalue weighted by atomic mass is 16.5. The number of nitrogens with zero attached hydrogens (tertiary/aromatic N) is 2. The molecule has 0 spiro atoms. The molecule has 1 rings (SSSR count). The Labute approximate surface area is 78.7 Å². The number of hydrogen-bond acceptors (Lipinski definition) is 3. The number of nitrogens with two attached hydrogens (primary N) is 1. The zero-order chi connectivity index (χ0) is 9.84. The molecule has 1 aromatic rings. The lowest BCUT2D eigenvalue weighted by Gasteiger charge is -2.19. The van der Waals surface area contributed by atoms with Crippen molar-refractivity contribution in [3.05, 3.63) is 18.2 Å². The first-order valence-corrected chi connectivity index (χ1v) is 4.51. The van der Waals surface area contributed by atoms with Crippen molar-refractivity contribution in [2.24, 2.45) is 12.8 Å². The molecule has 0 aliphatic heterocycles. The Bertz CT molecular complexity index is 259. The normalized spacial score (nSPS) is 15.7. The van der Waals surface area contributed by atoms with Crippen molar-refractivity contribution in [3.63, 3.8) is 0 Å². The second-order valence-corrected chi connectivity index (χ2v) is 3.08. The summed E-state index contributed by atoms with van der Waals surface area (Å²) in [4.78, 5) is 4.18. The average Bonchev–Trinajstić information content (AvgIpc) is 2.50. The Kier molecular flexibility index (Phi) is 3.45. The highest BCUT2D eigenvalue weighted by molar-refractivity contribution is 4.99. The number of hydrogen-bond donors (Lipinski definition) is 1. The van der Waals surface area contributed by atoms with Gasteiger partial charge in [0.1, 0.15) is 5.82 Å². The van der Waals surface area contributed by atoms with Gasteiger partial charge in [-0.2, -0.15) is 0 Å². The van der Waals surface area contributed by atoms with E-state index >= 15 is 0 Å². The van der Waals surface area contributed by atoms with E-state index in [2.05, 4.69) is 4.98 Å². The van der Waals surface area contributed by atoms with Crippen molar-refractivity contribution in [3.8, 4) is 0 Å². The zero-order valence-corrected chi connectivity index (χ0v) is 8.40. The molecule has 0 radical (unpaired) electrons. The maximum absolute atomic E-state index is 5.96. The van der Waals surface area contributed by atoms with Gasteiger partial charge in [-0.3, -0.25) is 0 Å². The van der Waals surface area contributed by atoms with Gasteiger partial charge < -0.3 is 15.0 Å². The van der Waals surface area contributed by atoms with Crippen LogP contribution in [0.5, 0.6) is 0 Å². The zero-order valence-electron chi connectivity index (χ0n) is 8.40. The summed E-state index contributed by atoms with van der Waals surface area (Å²) in [6.45, 7) is 4.60. The van der Waals surface area contributed by atoms with Crippen molar-refractivity contribution in [2.75, 3.05) is 6.61 Å². The second kappa shape index (κ2) is 4.39. The van der Waals surface area contributed by atoms with E-state index in [1.807, 2.05) is 31.7 Å². The molecule has 0 aliphatic carbocycles. The van der Waals surface area contributed by atoms with Crippen LogP contribution in [0.25, 0.3) is 0 Å². The first-order valence-electron chi connectivity index (χ1n) is 4.51. The van der Waals surface area contributed by atoms with Crippen molar-refractivity contribution >= 4 is 0 Å². The second-order valence-electron chi connectivity index (χ2n) is 3.08. The summed E-state index contributed by atoms with van der Waals surface area (Å²) < 4.78 is 7.32. The molecular formula is C9H17N3O. The standard InChI is InChI=1S/C9H17N3O/c1-4-13-7(2)8(10)9-11-5-6-12(9)3/h5-8H,4,10H2,1-3H3. The fourth-order valence-electron chi connectivity index (χ4n) is 1.27. The lowest BCUT2D eigenvalue weighted by molar-refractivity contribution is 0.0548. The summed E-state index contributed by atoms with van der Waals surface area (Å²) in [5.74, 6) is 0.862. The van der Waals surface area contributed by atoms with E-state index in [1.54, 1.807) is 6.20 Å². The van der Waals surface area contributed by atoms with Crippen molar-refractivity contribution in [1.82, 2.24) is 9.55 Å². The van der Waals surface area contributed by atoms with Crippen LogP contribution in [0.3, 0.4) is 0 Å². The van der Waals surface area contributed by atoms with Crippen molar-refractivity contribution in [1.29, 1.82) is 0 Å². The van der Waals surface area contributed by atoms with Gasteiger partial charge in [0, 0.05) is 26.0 Å². The predicted octanol–water partition coefficient (Wildman–Crippen LogP) is 0.845. The quantitative estimate of drug-likeness (QED) is 0.752.